The van der Waals surface area contributed by atoms with Crippen LogP contribution < -0.4 is 15.5 Å². The summed E-state index contributed by atoms with van der Waals surface area (Å²) in [5.41, 5.74) is 2.43. The Bertz CT molecular complexity index is 925. The maximum atomic E-state index is 12.2. The van der Waals surface area contributed by atoms with Crippen molar-refractivity contribution in [3.63, 3.8) is 0 Å². The van der Waals surface area contributed by atoms with Gasteiger partial charge in [0.15, 0.2) is 10.7 Å². The Labute approximate surface area is 154 Å². The number of ether oxygens (including phenoxy) is 1. The highest BCUT2D eigenvalue weighted by atomic mass is 32.1. The molecule has 0 unspecified atom stereocenters. The van der Waals surface area contributed by atoms with Gasteiger partial charge in [-0.1, -0.05) is 42.5 Å². The number of nitrogens with zero attached hydrogens (tertiary/aromatic N) is 1. The number of hydrogen-bond acceptors (Lipinski definition) is 6. The molecule has 0 saturated carbocycles. The second-order valence-electron chi connectivity index (χ2n) is 5.49. The Kier molecular flexibility index (Phi) is 5.77. The molecule has 0 atom stereocenters. The lowest BCUT2D eigenvalue weighted by atomic mass is 10.1. The zero-order valence-electron chi connectivity index (χ0n) is 13.8. The van der Waals surface area contributed by atoms with Crippen molar-refractivity contribution in [3.8, 4) is 5.88 Å². The number of carbonyl (C=O) groups is 1. The third-order valence-corrected chi connectivity index (χ3v) is 3.97. The fourth-order valence-corrected chi connectivity index (χ4v) is 2.47. The lowest BCUT2D eigenvalue weighted by Crippen LogP contribution is -2.25. The number of hydroxylamine groups is 1. The molecule has 0 spiro atoms. The lowest BCUT2D eigenvalue weighted by Gasteiger charge is -2.06. The zero-order valence-corrected chi connectivity index (χ0v) is 14.6. The van der Waals surface area contributed by atoms with Gasteiger partial charge >= 0.3 is 0 Å². The smallest absolute Gasteiger partial charge is 0.254 e. The summed E-state index contributed by atoms with van der Waals surface area (Å²) in [6, 6.07) is 15.0. The molecular formula is C18H17N3O4S. The monoisotopic (exact) mass is 371 g/mol. The average molecular weight is 371 g/mol. The van der Waals surface area contributed by atoms with E-state index in [1.165, 1.54) is 6.07 Å². The summed E-state index contributed by atoms with van der Waals surface area (Å²) < 4.78 is 10.3. The quantitative estimate of drug-likeness (QED) is 0.334. The molecule has 2 aromatic carbocycles. The molecule has 3 aromatic rings. The van der Waals surface area contributed by atoms with E-state index in [4.69, 9.17) is 26.7 Å². The van der Waals surface area contributed by atoms with Gasteiger partial charge in [-0.2, -0.15) is 0 Å². The second kappa shape index (κ2) is 8.41. The molecular weight excluding hydrogens is 354 g/mol. The standard InChI is InChI=1S/C18H17N3O4S/c22-17(14-7-6-12-4-1-2-5-13(12)10-14)19-8-3-9-24-16-11-15(25-21-16)18(26)20-23/h1-2,4-7,10-11,23H,3,8-9H2,(H,19,22)(H,20,26). The Morgan fingerprint density at radius 1 is 1.19 bits per heavy atom. The van der Waals surface area contributed by atoms with E-state index >= 15 is 0 Å². The minimum Gasteiger partial charge on any atom is -0.475 e. The predicted octanol–water partition coefficient (Wildman–Crippen LogP) is 2.68. The lowest BCUT2D eigenvalue weighted by molar-refractivity contribution is 0.0951. The van der Waals surface area contributed by atoms with Crippen molar-refractivity contribution in [3.05, 3.63) is 59.9 Å². The highest BCUT2D eigenvalue weighted by molar-refractivity contribution is 7.80. The number of hydrogen-bond donors (Lipinski definition) is 3. The van der Waals surface area contributed by atoms with Gasteiger partial charge in [0.1, 0.15) is 0 Å². The summed E-state index contributed by atoms with van der Waals surface area (Å²) in [7, 11) is 0. The van der Waals surface area contributed by atoms with E-state index in [-0.39, 0.29) is 22.5 Å². The largest absolute Gasteiger partial charge is 0.475 e. The van der Waals surface area contributed by atoms with Crippen LogP contribution in [0.15, 0.2) is 53.1 Å². The Morgan fingerprint density at radius 3 is 2.81 bits per heavy atom. The molecule has 7 nitrogen and oxygen atoms in total. The zero-order chi connectivity index (χ0) is 18.4. The number of nitrogens with one attached hydrogen (secondary N) is 2. The number of aromatic nitrogens is 1. The molecule has 0 bridgehead atoms. The summed E-state index contributed by atoms with van der Waals surface area (Å²) in [4.78, 5) is 12.2. The molecule has 0 aliphatic carbocycles. The first-order valence-electron chi connectivity index (χ1n) is 7.98. The van der Waals surface area contributed by atoms with E-state index in [2.05, 4.69) is 10.5 Å². The van der Waals surface area contributed by atoms with Crippen LogP contribution in [0.25, 0.3) is 10.8 Å². The van der Waals surface area contributed by atoms with Crippen LogP contribution >= 0.6 is 12.2 Å². The summed E-state index contributed by atoms with van der Waals surface area (Å²) in [6.07, 6.45) is 0.601. The van der Waals surface area contributed by atoms with E-state index in [0.717, 1.165) is 10.8 Å². The molecule has 8 heteroatoms. The molecule has 3 rings (SSSR count). The van der Waals surface area contributed by atoms with Crippen LogP contribution in [0.4, 0.5) is 0 Å². The molecule has 0 radical (unpaired) electrons. The molecule has 0 aliphatic rings. The van der Waals surface area contributed by atoms with Crippen LogP contribution in [0.3, 0.4) is 0 Å². The highest BCUT2D eigenvalue weighted by Crippen LogP contribution is 2.15. The minimum atomic E-state index is -0.126. The summed E-state index contributed by atoms with van der Waals surface area (Å²) in [5, 5.41) is 17.3. The third-order valence-electron chi connectivity index (χ3n) is 3.68. The maximum absolute atomic E-state index is 12.2. The van der Waals surface area contributed by atoms with Gasteiger partial charge < -0.3 is 14.6 Å². The van der Waals surface area contributed by atoms with Crippen LogP contribution in [0.1, 0.15) is 22.5 Å². The predicted molar refractivity (Wildman–Crippen MR) is 99.5 cm³/mol. The van der Waals surface area contributed by atoms with E-state index in [0.29, 0.717) is 25.1 Å². The van der Waals surface area contributed by atoms with Gasteiger partial charge in [-0.15, -0.1) is 0 Å². The SMILES string of the molecule is O=C(NCCCOc1cc(C(=S)NO)on1)c1ccc2ccccc2c1. The van der Waals surface area contributed by atoms with Crippen molar-refractivity contribution in [1.29, 1.82) is 0 Å². The molecule has 0 fully saturated rings. The van der Waals surface area contributed by atoms with Gasteiger partial charge in [0.25, 0.3) is 11.8 Å². The minimum absolute atomic E-state index is 0.0231. The average Bonchev–Trinajstić information content (AvgIpc) is 3.15. The molecule has 1 amide bonds. The van der Waals surface area contributed by atoms with Gasteiger partial charge in [-0.3, -0.25) is 15.5 Å². The van der Waals surface area contributed by atoms with E-state index in [1.54, 1.807) is 5.48 Å². The van der Waals surface area contributed by atoms with Gasteiger partial charge in [0.05, 0.1) is 12.7 Å². The van der Waals surface area contributed by atoms with Crippen LogP contribution in [0.5, 0.6) is 5.88 Å². The first-order valence-corrected chi connectivity index (χ1v) is 8.39. The number of thiocarbonyl (C=S) groups is 1. The van der Waals surface area contributed by atoms with Gasteiger partial charge in [-0.05, 0) is 34.5 Å². The number of fused-ring (bicyclic) bond motifs is 1. The van der Waals surface area contributed by atoms with Crippen LogP contribution in [0.2, 0.25) is 0 Å². The number of rotatable bonds is 7. The second-order valence-corrected chi connectivity index (χ2v) is 5.90. The van der Waals surface area contributed by atoms with Crippen molar-refractivity contribution >= 4 is 33.9 Å². The van der Waals surface area contributed by atoms with Gasteiger partial charge in [0, 0.05) is 12.1 Å². The van der Waals surface area contributed by atoms with E-state index in [9.17, 15) is 4.79 Å². The van der Waals surface area contributed by atoms with Crippen molar-refractivity contribution in [2.75, 3.05) is 13.2 Å². The van der Waals surface area contributed by atoms with Crippen LogP contribution in [0, 0.1) is 0 Å². The fraction of sp³-hybridized carbons (Fsp3) is 0.167. The summed E-state index contributed by atoms with van der Waals surface area (Å²) in [5.74, 6) is 0.347. The molecule has 3 N–H and O–H groups in total. The number of carbonyl (C=O) groups excluding carboxylic acids is 1. The molecule has 0 aliphatic heterocycles. The van der Waals surface area contributed by atoms with Crippen LogP contribution in [-0.2, 0) is 0 Å². The highest BCUT2D eigenvalue weighted by Gasteiger charge is 2.09. The first-order chi connectivity index (χ1) is 12.7. The van der Waals surface area contributed by atoms with Crippen molar-refractivity contribution in [2.24, 2.45) is 0 Å². The van der Waals surface area contributed by atoms with Gasteiger partial charge in [-0.25, -0.2) is 0 Å². The Hall–Kier alpha value is -2.97. The molecule has 26 heavy (non-hydrogen) atoms. The molecule has 1 heterocycles. The molecule has 0 saturated heterocycles. The number of benzene rings is 2. The summed E-state index contributed by atoms with van der Waals surface area (Å²) >= 11 is 4.80. The number of amides is 1. The van der Waals surface area contributed by atoms with Gasteiger partial charge in [0.2, 0.25) is 0 Å². The van der Waals surface area contributed by atoms with Crippen molar-refractivity contribution in [1.82, 2.24) is 16.0 Å². The molecule has 134 valence electrons. The van der Waals surface area contributed by atoms with Crippen molar-refractivity contribution in [2.45, 2.75) is 6.42 Å². The van der Waals surface area contributed by atoms with E-state index < -0.39 is 0 Å². The third kappa shape index (κ3) is 4.35. The van der Waals surface area contributed by atoms with E-state index in [1.807, 2.05) is 42.5 Å². The van der Waals surface area contributed by atoms with Crippen LogP contribution in [-0.4, -0.2) is 34.4 Å². The maximum Gasteiger partial charge on any atom is 0.254 e. The van der Waals surface area contributed by atoms with Crippen molar-refractivity contribution < 1.29 is 19.3 Å². The summed E-state index contributed by atoms with van der Waals surface area (Å²) in [6.45, 7) is 0.816. The normalized spacial score (nSPS) is 10.5. The topological polar surface area (TPSA) is 96.6 Å². The Balaban J connectivity index is 1.43. The first kappa shape index (κ1) is 17.8. The Morgan fingerprint density at radius 2 is 2.00 bits per heavy atom. The molecule has 1 aromatic heterocycles. The fourth-order valence-electron chi connectivity index (χ4n) is 2.37.